The van der Waals surface area contributed by atoms with E-state index in [2.05, 4.69) is 0 Å². The zero-order valence-corrected chi connectivity index (χ0v) is 8.20. The number of phosphoric acid groups is 1. The average molecular weight is 188 g/mol. The number of hydrogen-bond donors (Lipinski definition) is 0. The third kappa shape index (κ3) is 127. The minimum atomic E-state index is -5.39. The van der Waals surface area contributed by atoms with E-state index in [4.69, 9.17) is 19.2 Å². The minimum Gasteiger partial charge on any atom is 1.00 e. The van der Waals surface area contributed by atoms with E-state index in [-0.39, 0.29) is 29.6 Å². The fraction of sp³-hybridized carbons (Fsp3) is 0. The average Bonchev–Trinajstić information content (AvgIpc) is 1.36. The third-order valence-electron chi connectivity index (χ3n) is 0. The molecule has 0 aliphatic carbocycles. The van der Waals surface area contributed by atoms with Crippen LogP contribution < -0.4 is 44.2 Å². The monoisotopic (exact) mass is 188 g/mol. The molecule has 0 saturated heterocycles. The van der Waals surface area contributed by atoms with Crippen molar-refractivity contribution >= 4 is 7.82 Å². The largest absolute Gasteiger partial charge is 1.00 e. The number of rotatable bonds is 0. The van der Waals surface area contributed by atoms with Gasteiger partial charge in [-0.05, 0) is 0 Å². The Balaban J connectivity index is -0.0000000750. The second kappa shape index (κ2) is 8.62. The maximum Gasteiger partial charge on any atom is 1.00 e. The molecule has 0 atom stereocenters. The van der Waals surface area contributed by atoms with Crippen LogP contribution in [0.5, 0.6) is 0 Å². The van der Waals surface area contributed by atoms with Crippen molar-refractivity contribution in [1.82, 2.24) is 0 Å². The van der Waals surface area contributed by atoms with Gasteiger partial charge in [-0.25, -0.2) is 0 Å². The quantitative estimate of drug-likeness (QED) is 0.280. The molecule has 0 unspecified atom stereocenters. The zero-order valence-electron chi connectivity index (χ0n) is 3.91. The first-order valence-electron chi connectivity index (χ1n) is 0.899. The summed E-state index contributed by atoms with van der Waals surface area (Å²) in [5.41, 5.74) is 0. The van der Waals surface area contributed by atoms with Crippen molar-refractivity contribution in [2.75, 3.05) is 0 Å². The summed E-state index contributed by atoms with van der Waals surface area (Å²) in [6, 6.07) is 0. The van der Waals surface area contributed by atoms with Gasteiger partial charge in [0.1, 0.15) is 0 Å². The molecule has 0 bridgehead atoms. The van der Waals surface area contributed by atoms with Gasteiger partial charge >= 0.3 is 50.9 Å². The molecule has 0 aliphatic rings. The molecule has 0 aliphatic heterocycles. The maximum atomic E-state index is 9.44. The van der Waals surface area contributed by atoms with E-state index < -0.39 is 7.82 Å². The molecular weight excluding hydrogens is 188 g/mol. The summed E-state index contributed by atoms with van der Waals surface area (Å²) in [5, 5.41) is 0. The van der Waals surface area contributed by atoms with Crippen molar-refractivity contribution in [2.24, 2.45) is 0 Å². The van der Waals surface area contributed by atoms with Gasteiger partial charge in [0.15, 0.2) is 0 Å². The fourth-order valence-corrected chi connectivity index (χ4v) is 0. The molecule has 0 aromatic carbocycles. The smallest absolute Gasteiger partial charge is 1.00 e. The van der Waals surface area contributed by atoms with E-state index in [0.29, 0.717) is 0 Å². The first-order chi connectivity index (χ1) is 3.00. The molecule has 0 rings (SSSR count). The van der Waals surface area contributed by atoms with Crippen molar-refractivity contribution in [2.45, 2.75) is 0 Å². The molecule has 8 heavy (non-hydrogen) atoms. The Morgan fingerprint density at radius 3 is 1.25 bits per heavy atom. The Morgan fingerprint density at radius 2 is 1.25 bits per heavy atom. The molecule has 0 aromatic heterocycles. The predicted octanol–water partition coefficient (Wildman–Crippen LogP) is -5.40. The molecule has 8 heteroatoms. The molecule has 0 radical (unpaired) electrons. The van der Waals surface area contributed by atoms with Crippen LogP contribution in [0.4, 0.5) is 3.41 Å². The van der Waals surface area contributed by atoms with Crippen molar-refractivity contribution in [3.8, 4) is 0 Å². The molecular formula is FNaO4PV+2. The van der Waals surface area contributed by atoms with Crippen LogP contribution >= 0.6 is 7.82 Å². The van der Waals surface area contributed by atoms with Crippen LogP contribution in [0.25, 0.3) is 0 Å². The van der Waals surface area contributed by atoms with Crippen molar-refractivity contribution < 1.29 is 70.1 Å². The number of halogens is 1. The Labute approximate surface area is 77.5 Å². The van der Waals surface area contributed by atoms with Crippen molar-refractivity contribution in [3.63, 3.8) is 0 Å². The second-order valence-electron chi connectivity index (χ2n) is 0.447. The summed E-state index contributed by atoms with van der Waals surface area (Å²) in [6.07, 6.45) is 0. The molecule has 0 amide bonds. The number of hydrogen-bond acceptors (Lipinski definition) is 4. The van der Waals surface area contributed by atoms with Gasteiger partial charge in [-0.1, -0.05) is 0 Å². The SMILES string of the molecule is O=P([O-])([O-])[O-].[F][V+4].[Na+]. The summed E-state index contributed by atoms with van der Waals surface area (Å²) < 4.78 is 18.0. The first kappa shape index (κ1) is 16.3. The molecule has 4 nitrogen and oxygen atoms in total. The van der Waals surface area contributed by atoms with Crippen LogP contribution in [-0.2, 0) is 22.5 Å². The normalized spacial score (nSPS) is 8.25. The van der Waals surface area contributed by atoms with E-state index in [1.54, 1.807) is 0 Å². The summed E-state index contributed by atoms with van der Waals surface area (Å²) in [6.45, 7) is 0. The third-order valence-corrected chi connectivity index (χ3v) is 0. The Morgan fingerprint density at radius 1 is 1.25 bits per heavy atom. The molecule has 40 valence electrons. The minimum absolute atomic E-state index is 0. The summed E-state index contributed by atoms with van der Waals surface area (Å²) in [5.74, 6) is 0. The standard InChI is InChI=1S/FH.Na.H3O4P.V/c;;1-5(2,3)4;/h1H;;(H3,1,2,3,4);/q;+1;;+5/p-4. The Kier molecular flexibility index (Phi) is 17.6. The van der Waals surface area contributed by atoms with E-state index in [9.17, 15) is 3.41 Å². The predicted molar refractivity (Wildman–Crippen MR) is 8.71 cm³/mol. The fourth-order valence-electron chi connectivity index (χ4n) is 0. The van der Waals surface area contributed by atoms with Gasteiger partial charge in [0, 0.05) is 0 Å². The van der Waals surface area contributed by atoms with Crippen LogP contribution in [0.15, 0.2) is 0 Å². The summed E-state index contributed by atoms with van der Waals surface area (Å²) >= 11 is 0.812. The zero-order chi connectivity index (χ0) is 6.50. The van der Waals surface area contributed by atoms with E-state index >= 15 is 0 Å². The van der Waals surface area contributed by atoms with Crippen LogP contribution in [-0.4, -0.2) is 0 Å². The van der Waals surface area contributed by atoms with E-state index in [0.717, 1.165) is 17.9 Å². The van der Waals surface area contributed by atoms with Crippen LogP contribution in [0.2, 0.25) is 0 Å². The molecule has 0 fully saturated rings. The second-order valence-corrected chi connectivity index (χ2v) is 1.34. The topological polar surface area (TPSA) is 86.2 Å². The Bertz CT molecular complexity index is 62.2. The van der Waals surface area contributed by atoms with Gasteiger partial charge < -0.3 is 19.2 Å². The molecule has 0 spiro atoms. The van der Waals surface area contributed by atoms with Crippen LogP contribution in [0.3, 0.4) is 0 Å². The molecule has 0 saturated carbocycles. The van der Waals surface area contributed by atoms with Gasteiger partial charge in [-0.2, -0.15) is 7.82 Å². The van der Waals surface area contributed by atoms with Crippen LogP contribution in [0, 0.1) is 0 Å². The Hall–Kier alpha value is 1.62. The van der Waals surface area contributed by atoms with E-state index in [1.165, 1.54) is 0 Å². The van der Waals surface area contributed by atoms with Crippen molar-refractivity contribution in [1.29, 1.82) is 0 Å². The molecule has 0 aromatic rings. The summed E-state index contributed by atoms with van der Waals surface area (Å²) in [4.78, 5) is 25.6. The molecule has 0 heterocycles. The first-order valence-corrected chi connectivity index (χ1v) is 2.89. The van der Waals surface area contributed by atoms with Crippen LogP contribution in [0.1, 0.15) is 0 Å². The van der Waals surface area contributed by atoms with Crippen molar-refractivity contribution in [3.05, 3.63) is 0 Å². The summed E-state index contributed by atoms with van der Waals surface area (Å²) in [7, 11) is -5.39. The van der Waals surface area contributed by atoms with Gasteiger partial charge in [-0.15, -0.1) is 0 Å². The van der Waals surface area contributed by atoms with E-state index in [1.807, 2.05) is 0 Å². The van der Waals surface area contributed by atoms with Gasteiger partial charge in [-0.3, -0.25) is 0 Å². The molecule has 0 N–H and O–H groups in total. The van der Waals surface area contributed by atoms with Gasteiger partial charge in [0.25, 0.3) is 0 Å². The van der Waals surface area contributed by atoms with Gasteiger partial charge in [0.05, 0.1) is 0 Å². The maximum absolute atomic E-state index is 9.44. The van der Waals surface area contributed by atoms with Gasteiger partial charge in [0.2, 0.25) is 0 Å².